The number of hydrogen-bond acceptors (Lipinski definition) is 6. The standard InChI is InChI=1S/C20H17ClF3N3O3S/c1-29-15-6-3-11(7-16(15)30-2)10-25-27-19-26-18(28)17(31-19)9-12-8-13(20(22,23)24)4-5-14(12)21/h3-8,10,17H,9H2,1-2H3,(H,26,27,28). The summed E-state index contributed by atoms with van der Waals surface area (Å²) in [5.74, 6) is 0.722. The fourth-order valence-electron chi connectivity index (χ4n) is 2.77. The van der Waals surface area contributed by atoms with Gasteiger partial charge in [-0.3, -0.25) is 4.79 Å². The molecule has 0 radical (unpaired) electrons. The Morgan fingerprint density at radius 1 is 1.16 bits per heavy atom. The highest BCUT2D eigenvalue weighted by molar-refractivity contribution is 8.15. The average molecular weight is 472 g/mol. The number of amides is 1. The van der Waals surface area contributed by atoms with Crippen LogP contribution in [-0.2, 0) is 17.4 Å². The Balaban J connectivity index is 1.69. The summed E-state index contributed by atoms with van der Waals surface area (Å²) >= 11 is 7.10. The SMILES string of the molecule is COc1ccc(C=NN=C2NC(=O)C(Cc3cc(C(F)(F)F)ccc3Cl)S2)cc1OC. The predicted octanol–water partition coefficient (Wildman–Crippen LogP) is 4.54. The van der Waals surface area contributed by atoms with Gasteiger partial charge in [0.2, 0.25) is 5.91 Å². The van der Waals surface area contributed by atoms with E-state index in [0.717, 1.165) is 23.9 Å². The molecule has 0 aromatic heterocycles. The minimum absolute atomic E-state index is 0.0255. The zero-order valence-electron chi connectivity index (χ0n) is 16.4. The highest BCUT2D eigenvalue weighted by Crippen LogP contribution is 2.34. The number of nitrogens with one attached hydrogen (secondary N) is 1. The molecule has 1 aliphatic heterocycles. The monoisotopic (exact) mass is 471 g/mol. The Labute approximate surface area is 185 Å². The molecule has 1 atom stereocenters. The molecule has 1 fully saturated rings. The third-order valence-corrected chi connectivity index (χ3v) is 5.76. The van der Waals surface area contributed by atoms with Crippen molar-refractivity contribution in [3.63, 3.8) is 0 Å². The Morgan fingerprint density at radius 3 is 2.58 bits per heavy atom. The van der Waals surface area contributed by atoms with Gasteiger partial charge in [0, 0.05) is 5.02 Å². The molecule has 1 amide bonds. The smallest absolute Gasteiger partial charge is 0.416 e. The number of alkyl halides is 3. The Morgan fingerprint density at radius 2 is 1.90 bits per heavy atom. The second kappa shape index (κ2) is 9.61. The number of amidine groups is 1. The van der Waals surface area contributed by atoms with E-state index in [4.69, 9.17) is 21.1 Å². The maximum atomic E-state index is 12.9. The highest BCUT2D eigenvalue weighted by atomic mass is 35.5. The maximum absolute atomic E-state index is 12.9. The van der Waals surface area contributed by atoms with E-state index >= 15 is 0 Å². The van der Waals surface area contributed by atoms with Gasteiger partial charge >= 0.3 is 6.18 Å². The van der Waals surface area contributed by atoms with Crippen LogP contribution < -0.4 is 14.8 Å². The molecular formula is C20H17ClF3N3O3S. The first kappa shape index (κ1) is 23.0. The van der Waals surface area contributed by atoms with E-state index in [9.17, 15) is 18.0 Å². The van der Waals surface area contributed by atoms with Gasteiger partial charge in [-0.25, -0.2) is 0 Å². The van der Waals surface area contributed by atoms with Crippen molar-refractivity contribution in [2.24, 2.45) is 10.2 Å². The quantitative estimate of drug-likeness (QED) is 0.496. The van der Waals surface area contributed by atoms with Crippen molar-refractivity contribution < 1.29 is 27.4 Å². The van der Waals surface area contributed by atoms with E-state index in [1.54, 1.807) is 18.2 Å². The number of carbonyl (C=O) groups is 1. The summed E-state index contributed by atoms with van der Waals surface area (Å²) in [6, 6.07) is 8.23. The zero-order chi connectivity index (χ0) is 22.6. The molecule has 11 heteroatoms. The molecule has 1 unspecified atom stereocenters. The summed E-state index contributed by atoms with van der Waals surface area (Å²) in [5, 5.41) is 10.2. The van der Waals surface area contributed by atoms with E-state index in [1.807, 2.05) is 0 Å². The number of thioether (sulfide) groups is 1. The lowest BCUT2D eigenvalue weighted by Gasteiger charge is -2.12. The third kappa shape index (κ3) is 5.71. The summed E-state index contributed by atoms with van der Waals surface area (Å²) in [6.45, 7) is 0. The molecule has 3 rings (SSSR count). The van der Waals surface area contributed by atoms with Crippen molar-refractivity contribution >= 4 is 40.7 Å². The summed E-state index contributed by atoms with van der Waals surface area (Å²) in [4.78, 5) is 12.2. The maximum Gasteiger partial charge on any atom is 0.416 e. The van der Waals surface area contributed by atoms with Gasteiger partial charge in [0.1, 0.15) is 0 Å². The lowest BCUT2D eigenvalue weighted by atomic mass is 10.1. The second-order valence-electron chi connectivity index (χ2n) is 6.37. The van der Waals surface area contributed by atoms with E-state index in [1.165, 1.54) is 26.5 Å². The van der Waals surface area contributed by atoms with Crippen LogP contribution in [0, 0.1) is 0 Å². The van der Waals surface area contributed by atoms with Crippen LogP contribution in [0.15, 0.2) is 46.6 Å². The number of benzene rings is 2. The molecule has 1 aliphatic rings. The van der Waals surface area contributed by atoms with Gasteiger partial charge in [0.25, 0.3) is 0 Å². The molecule has 6 nitrogen and oxygen atoms in total. The fraction of sp³-hybridized carbons (Fsp3) is 0.250. The summed E-state index contributed by atoms with van der Waals surface area (Å²) in [6.07, 6.45) is -2.99. The highest BCUT2D eigenvalue weighted by Gasteiger charge is 2.34. The Bertz CT molecular complexity index is 1040. The summed E-state index contributed by atoms with van der Waals surface area (Å²) < 4.78 is 49.2. The number of halogens is 4. The molecule has 31 heavy (non-hydrogen) atoms. The predicted molar refractivity (Wildman–Crippen MR) is 114 cm³/mol. The Kier molecular flexibility index (Phi) is 7.11. The molecule has 1 heterocycles. The largest absolute Gasteiger partial charge is 0.493 e. The van der Waals surface area contributed by atoms with Gasteiger partial charge in [-0.1, -0.05) is 23.4 Å². The first-order valence-corrected chi connectivity index (χ1v) is 10.1. The molecule has 1 saturated heterocycles. The fourth-order valence-corrected chi connectivity index (χ4v) is 3.92. The first-order valence-electron chi connectivity index (χ1n) is 8.87. The third-order valence-electron chi connectivity index (χ3n) is 4.32. The van der Waals surface area contributed by atoms with Crippen molar-refractivity contribution in [2.45, 2.75) is 17.8 Å². The molecule has 0 saturated carbocycles. The van der Waals surface area contributed by atoms with Crippen LogP contribution in [0.1, 0.15) is 16.7 Å². The average Bonchev–Trinajstić information content (AvgIpc) is 3.07. The van der Waals surface area contributed by atoms with Gasteiger partial charge in [0.05, 0.1) is 31.2 Å². The number of methoxy groups -OCH3 is 2. The van der Waals surface area contributed by atoms with Crippen molar-refractivity contribution in [3.8, 4) is 11.5 Å². The van der Waals surface area contributed by atoms with Crippen molar-refractivity contribution in [3.05, 3.63) is 58.1 Å². The lowest BCUT2D eigenvalue weighted by Crippen LogP contribution is -2.26. The van der Waals surface area contributed by atoms with Gasteiger partial charge in [-0.15, -0.1) is 5.10 Å². The topological polar surface area (TPSA) is 72.3 Å². The first-order chi connectivity index (χ1) is 14.7. The van der Waals surface area contributed by atoms with Gasteiger partial charge in [-0.2, -0.15) is 18.3 Å². The molecule has 2 aromatic carbocycles. The molecule has 0 aliphatic carbocycles. The molecule has 0 bridgehead atoms. The van der Waals surface area contributed by atoms with Crippen LogP contribution >= 0.6 is 23.4 Å². The van der Waals surface area contributed by atoms with E-state index < -0.39 is 17.0 Å². The zero-order valence-corrected chi connectivity index (χ0v) is 17.9. The minimum Gasteiger partial charge on any atom is -0.493 e. The minimum atomic E-state index is -4.49. The lowest BCUT2D eigenvalue weighted by molar-refractivity contribution is -0.137. The second-order valence-corrected chi connectivity index (χ2v) is 7.97. The van der Waals surface area contributed by atoms with Gasteiger partial charge < -0.3 is 14.8 Å². The molecule has 0 spiro atoms. The van der Waals surface area contributed by atoms with Gasteiger partial charge in [-0.05, 0) is 53.9 Å². The molecule has 164 valence electrons. The van der Waals surface area contributed by atoms with Crippen LogP contribution in [0.25, 0.3) is 0 Å². The number of nitrogens with zero attached hydrogens (tertiary/aromatic N) is 2. The van der Waals surface area contributed by atoms with Crippen molar-refractivity contribution in [1.29, 1.82) is 0 Å². The van der Waals surface area contributed by atoms with Crippen molar-refractivity contribution in [1.82, 2.24) is 5.32 Å². The van der Waals surface area contributed by atoms with Crippen LogP contribution in [0.5, 0.6) is 11.5 Å². The summed E-state index contributed by atoms with van der Waals surface area (Å²) in [7, 11) is 3.04. The van der Waals surface area contributed by atoms with E-state index in [-0.39, 0.29) is 28.1 Å². The van der Waals surface area contributed by atoms with Crippen LogP contribution in [0.2, 0.25) is 5.02 Å². The number of hydrogen-bond donors (Lipinski definition) is 1. The van der Waals surface area contributed by atoms with Gasteiger partial charge in [0.15, 0.2) is 16.7 Å². The van der Waals surface area contributed by atoms with E-state index in [2.05, 4.69) is 15.5 Å². The molecular weight excluding hydrogens is 455 g/mol. The van der Waals surface area contributed by atoms with Crippen LogP contribution in [0.4, 0.5) is 13.2 Å². The number of rotatable bonds is 6. The number of ether oxygens (including phenoxy) is 2. The Hall–Kier alpha value is -2.72. The van der Waals surface area contributed by atoms with E-state index in [0.29, 0.717) is 17.1 Å². The van der Waals surface area contributed by atoms with Crippen LogP contribution in [0.3, 0.4) is 0 Å². The number of carbonyl (C=O) groups excluding carboxylic acids is 1. The summed E-state index contributed by atoms with van der Waals surface area (Å²) in [5.41, 5.74) is 0.117. The molecule has 1 N–H and O–H groups in total. The van der Waals surface area contributed by atoms with Crippen molar-refractivity contribution in [2.75, 3.05) is 14.2 Å². The van der Waals surface area contributed by atoms with Crippen LogP contribution in [-0.4, -0.2) is 36.8 Å². The normalized spacial score (nSPS) is 17.9. The molecule has 2 aromatic rings.